The molecule has 8 aromatic rings. The van der Waals surface area contributed by atoms with E-state index in [1.807, 2.05) is 83.4 Å². The van der Waals surface area contributed by atoms with Gasteiger partial charge in [0, 0.05) is 27.4 Å². The van der Waals surface area contributed by atoms with Crippen LogP contribution in [0.3, 0.4) is 0 Å². The first-order chi connectivity index (χ1) is 20.5. The second-order valence-corrected chi connectivity index (χ2v) is 10.3. The van der Waals surface area contributed by atoms with Gasteiger partial charge in [0.2, 0.25) is 0 Å². The first-order valence-corrected chi connectivity index (χ1v) is 13.5. The predicted molar refractivity (Wildman–Crippen MR) is 162 cm³/mol. The van der Waals surface area contributed by atoms with Gasteiger partial charge in [0.05, 0.1) is 22.9 Å². The lowest BCUT2D eigenvalue weighted by atomic mass is 10.00. The van der Waals surface area contributed by atoms with Gasteiger partial charge >= 0.3 is 6.18 Å². The third-order valence-electron chi connectivity index (χ3n) is 7.93. The first kappa shape index (κ1) is 24.4. The van der Waals surface area contributed by atoms with Crippen LogP contribution in [0, 0.1) is 0 Å². The molecule has 0 aliphatic carbocycles. The molecule has 0 fully saturated rings. The highest BCUT2D eigenvalue weighted by Crippen LogP contribution is 2.40. The van der Waals surface area contributed by atoms with Crippen LogP contribution in [0.4, 0.5) is 13.2 Å². The first-order valence-electron chi connectivity index (χ1n) is 13.5. The number of fused-ring (bicyclic) bond motifs is 7. The fourth-order valence-electron chi connectivity index (χ4n) is 5.99. The number of halogens is 3. The van der Waals surface area contributed by atoms with Gasteiger partial charge in [0.1, 0.15) is 11.4 Å². The Kier molecular flexibility index (Phi) is 5.28. The molecule has 6 heteroatoms. The van der Waals surface area contributed by atoms with E-state index in [4.69, 9.17) is 9.40 Å². The van der Waals surface area contributed by atoms with Crippen LogP contribution in [0.5, 0.6) is 0 Å². The smallest absolute Gasteiger partial charge is 0.416 e. The number of imidazole rings is 1. The topological polar surface area (TPSA) is 31.0 Å². The van der Waals surface area contributed by atoms with Crippen molar-refractivity contribution in [3.05, 3.63) is 133 Å². The van der Waals surface area contributed by atoms with E-state index in [1.54, 1.807) is 6.26 Å². The molecule has 0 amide bonds. The van der Waals surface area contributed by atoms with Gasteiger partial charge in [-0.2, -0.15) is 13.2 Å². The number of hydrogen-bond acceptors (Lipinski definition) is 2. The van der Waals surface area contributed by atoms with Crippen molar-refractivity contribution in [2.24, 2.45) is 0 Å². The highest BCUT2D eigenvalue weighted by Gasteiger charge is 2.30. The minimum absolute atomic E-state index is 0.605. The van der Waals surface area contributed by atoms with Gasteiger partial charge in [-0.25, -0.2) is 4.98 Å². The fraction of sp³-hybridized carbons (Fsp3) is 0.0278. The maximum atomic E-state index is 13.5. The molecule has 0 unspecified atom stereocenters. The van der Waals surface area contributed by atoms with Crippen LogP contribution >= 0.6 is 0 Å². The number of aromatic nitrogens is 2. The van der Waals surface area contributed by atoms with Gasteiger partial charge in [-0.15, -0.1) is 0 Å². The molecule has 2 aromatic heterocycles. The Labute approximate surface area is 238 Å². The third kappa shape index (κ3) is 3.72. The molecule has 6 aromatic carbocycles. The van der Waals surface area contributed by atoms with E-state index >= 15 is 0 Å². The Balaban J connectivity index is 1.41. The normalized spacial score (nSPS) is 12.2. The van der Waals surface area contributed by atoms with Crippen LogP contribution in [0.15, 0.2) is 132 Å². The van der Waals surface area contributed by atoms with Crippen LogP contribution < -0.4 is 0 Å². The largest absolute Gasteiger partial charge is 0.464 e. The zero-order valence-electron chi connectivity index (χ0n) is 22.1. The standard InChI is InChI=1S/C36H21F3N2O/c37-36(38,39)24-16-18-25(19-17-24)41-34-31-9-4-2-7-28(31)27-6-1-3-8-30(27)33(34)40-35(41)23-14-12-22(13-15-23)26-10-5-11-32-29(26)20-21-42-32/h1-21H. The number of alkyl halides is 3. The Bertz CT molecular complexity index is 2280. The minimum atomic E-state index is -4.42. The van der Waals surface area contributed by atoms with Crippen molar-refractivity contribution in [3.8, 4) is 28.2 Å². The summed E-state index contributed by atoms with van der Waals surface area (Å²) in [6.07, 6.45) is -2.74. The Morgan fingerprint density at radius 3 is 1.93 bits per heavy atom. The van der Waals surface area contributed by atoms with E-state index < -0.39 is 11.7 Å². The number of furan rings is 1. The van der Waals surface area contributed by atoms with Gasteiger partial charge in [0.25, 0.3) is 0 Å². The van der Waals surface area contributed by atoms with Crippen molar-refractivity contribution in [1.29, 1.82) is 0 Å². The maximum Gasteiger partial charge on any atom is 0.416 e. The van der Waals surface area contributed by atoms with Gasteiger partial charge in [-0.3, -0.25) is 4.57 Å². The summed E-state index contributed by atoms with van der Waals surface area (Å²) in [5.74, 6) is 0.652. The summed E-state index contributed by atoms with van der Waals surface area (Å²) >= 11 is 0. The minimum Gasteiger partial charge on any atom is -0.464 e. The van der Waals surface area contributed by atoms with Gasteiger partial charge in [-0.1, -0.05) is 84.9 Å². The summed E-state index contributed by atoms with van der Waals surface area (Å²) < 4.78 is 48.0. The zero-order chi connectivity index (χ0) is 28.4. The molecule has 0 saturated heterocycles. The molecule has 8 rings (SSSR count). The molecule has 42 heavy (non-hydrogen) atoms. The number of benzene rings is 6. The summed E-state index contributed by atoms with van der Waals surface area (Å²) in [6, 6.07) is 37.6. The predicted octanol–water partition coefficient (Wildman–Crippen LogP) is 10.4. The highest BCUT2D eigenvalue weighted by atomic mass is 19.4. The molecule has 0 aliphatic rings. The van der Waals surface area contributed by atoms with E-state index in [9.17, 15) is 13.2 Å². The summed E-state index contributed by atoms with van der Waals surface area (Å²) in [5.41, 5.74) is 5.32. The molecular weight excluding hydrogens is 533 g/mol. The molecule has 0 atom stereocenters. The Morgan fingerprint density at radius 1 is 0.571 bits per heavy atom. The van der Waals surface area contributed by atoms with Crippen molar-refractivity contribution < 1.29 is 17.6 Å². The average Bonchev–Trinajstić information content (AvgIpc) is 3.67. The second-order valence-electron chi connectivity index (χ2n) is 10.3. The summed E-state index contributed by atoms with van der Waals surface area (Å²) in [4.78, 5) is 5.18. The van der Waals surface area contributed by atoms with Crippen LogP contribution in [-0.4, -0.2) is 9.55 Å². The van der Waals surface area contributed by atoms with Crippen molar-refractivity contribution in [1.82, 2.24) is 9.55 Å². The average molecular weight is 555 g/mol. The van der Waals surface area contributed by atoms with Crippen molar-refractivity contribution in [2.45, 2.75) is 6.18 Å². The molecule has 0 radical (unpaired) electrons. The molecule has 0 bridgehead atoms. The zero-order valence-corrected chi connectivity index (χ0v) is 22.1. The van der Waals surface area contributed by atoms with Crippen molar-refractivity contribution in [3.63, 3.8) is 0 Å². The van der Waals surface area contributed by atoms with Crippen molar-refractivity contribution >= 4 is 43.5 Å². The highest BCUT2D eigenvalue weighted by molar-refractivity contribution is 6.24. The van der Waals surface area contributed by atoms with Crippen LogP contribution in [0.2, 0.25) is 0 Å². The maximum absolute atomic E-state index is 13.5. The molecule has 202 valence electrons. The van der Waals surface area contributed by atoms with E-state index in [0.717, 1.165) is 72.4 Å². The van der Waals surface area contributed by atoms with E-state index in [1.165, 1.54) is 12.1 Å². The van der Waals surface area contributed by atoms with E-state index in [-0.39, 0.29) is 0 Å². The number of hydrogen-bond donors (Lipinski definition) is 0. The number of nitrogens with zero attached hydrogens (tertiary/aromatic N) is 2. The van der Waals surface area contributed by atoms with E-state index in [0.29, 0.717) is 11.5 Å². The van der Waals surface area contributed by atoms with Gasteiger partial charge < -0.3 is 4.42 Å². The third-order valence-corrected chi connectivity index (χ3v) is 7.93. The summed E-state index contributed by atoms with van der Waals surface area (Å²) in [7, 11) is 0. The Morgan fingerprint density at radius 2 is 1.21 bits per heavy atom. The van der Waals surface area contributed by atoms with Crippen LogP contribution in [-0.2, 0) is 6.18 Å². The van der Waals surface area contributed by atoms with Gasteiger partial charge in [-0.05, 0) is 58.3 Å². The SMILES string of the molecule is FC(F)(F)c1ccc(-n2c(-c3ccc(-c4cccc5occc45)cc3)nc3c4ccccc4c4ccccc4c32)cc1. The molecular formula is C36H21F3N2O. The van der Waals surface area contributed by atoms with E-state index in [2.05, 4.69) is 18.2 Å². The number of rotatable bonds is 3. The lowest BCUT2D eigenvalue weighted by molar-refractivity contribution is -0.137. The quantitative estimate of drug-likeness (QED) is 0.203. The summed E-state index contributed by atoms with van der Waals surface area (Å²) in [5, 5.41) is 5.13. The Hall–Kier alpha value is -5.36. The molecule has 0 aliphatic heterocycles. The van der Waals surface area contributed by atoms with Crippen molar-refractivity contribution in [2.75, 3.05) is 0 Å². The molecule has 3 nitrogen and oxygen atoms in total. The fourth-order valence-corrected chi connectivity index (χ4v) is 5.99. The molecule has 0 N–H and O–H groups in total. The molecule has 0 spiro atoms. The monoisotopic (exact) mass is 554 g/mol. The second kappa shape index (κ2) is 9.08. The van der Waals surface area contributed by atoms with Crippen LogP contribution in [0.1, 0.15) is 5.56 Å². The molecule has 2 heterocycles. The van der Waals surface area contributed by atoms with Crippen LogP contribution in [0.25, 0.3) is 71.7 Å². The lowest BCUT2D eigenvalue weighted by Gasteiger charge is -2.14. The molecule has 0 saturated carbocycles. The lowest BCUT2D eigenvalue weighted by Crippen LogP contribution is -2.05. The van der Waals surface area contributed by atoms with Gasteiger partial charge in [0.15, 0.2) is 0 Å². The summed E-state index contributed by atoms with van der Waals surface area (Å²) in [6.45, 7) is 0.